The lowest BCUT2D eigenvalue weighted by Gasteiger charge is -2.39. The Hall–Kier alpha value is -2.80. The van der Waals surface area contributed by atoms with Crippen molar-refractivity contribution >= 4 is 16.9 Å². The first-order valence-electron chi connectivity index (χ1n) is 9.31. The molecule has 2 atom stereocenters. The third kappa shape index (κ3) is 3.55. The first-order valence-corrected chi connectivity index (χ1v) is 9.31. The van der Waals surface area contributed by atoms with Crippen molar-refractivity contribution in [1.29, 1.82) is 0 Å². The van der Waals surface area contributed by atoms with Crippen LogP contribution in [0.1, 0.15) is 35.1 Å². The Bertz CT molecular complexity index is 952. The molecule has 0 aliphatic carbocycles. The van der Waals surface area contributed by atoms with Gasteiger partial charge in [0.1, 0.15) is 5.69 Å². The summed E-state index contributed by atoms with van der Waals surface area (Å²) in [5.41, 5.74) is 3.06. The zero-order valence-electron chi connectivity index (χ0n) is 15.7. The maximum Gasteiger partial charge on any atom is 0.271 e. The Morgan fingerprint density at radius 3 is 2.81 bits per heavy atom. The van der Waals surface area contributed by atoms with Gasteiger partial charge in [0.15, 0.2) is 0 Å². The topological polar surface area (TPSA) is 75.9 Å². The molecule has 3 heterocycles. The molecule has 4 rings (SSSR count). The number of nitrogens with zero attached hydrogens (tertiary/aromatic N) is 5. The highest BCUT2D eigenvalue weighted by Gasteiger charge is 2.32. The van der Waals surface area contributed by atoms with E-state index in [2.05, 4.69) is 38.4 Å². The van der Waals surface area contributed by atoms with Crippen LogP contribution in [0.2, 0.25) is 0 Å². The summed E-state index contributed by atoms with van der Waals surface area (Å²) in [5, 5.41) is 7.38. The molecule has 7 heteroatoms. The van der Waals surface area contributed by atoms with Crippen molar-refractivity contribution in [2.24, 2.45) is 13.0 Å². The molecule has 1 aliphatic heterocycles. The molecule has 0 unspecified atom stereocenters. The molecule has 27 heavy (non-hydrogen) atoms. The zero-order chi connectivity index (χ0) is 18.8. The predicted octanol–water partition coefficient (Wildman–Crippen LogP) is 2.18. The number of hydrogen-bond acceptors (Lipinski definition) is 5. The summed E-state index contributed by atoms with van der Waals surface area (Å²) >= 11 is 0. The number of fused-ring (bicyclic) bond motifs is 1. The third-order valence-electron chi connectivity index (χ3n) is 5.37. The number of hydrogen-bond donors (Lipinski definition) is 1. The minimum Gasteiger partial charge on any atom is -0.350 e. The van der Waals surface area contributed by atoms with Crippen molar-refractivity contribution in [3.63, 3.8) is 0 Å². The van der Waals surface area contributed by atoms with E-state index in [-0.39, 0.29) is 11.9 Å². The van der Waals surface area contributed by atoms with Crippen LogP contribution in [-0.4, -0.2) is 50.7 Å². The molecular weight excluding hydrogens is 340 g/mol. The molecule has 1 aliphatic rings. The van der Waals surface area contributed by atoms with Gasteiger partial charge in [0, 0.05) is 19.8 Å². The average molecular weight is 364 g/mol. The number of carbonyl (C=O) groups excluding carboxylic acids is 1. The number of carbonyl (C=O) groups is 1. The monoisotopic (exact) mass is 364 g/mol. The van der Waals surface area contributed by atoms with Crippen LogP contribution < -0.4 is 5.32 Å². The Morgan fingerprint density at radius 1 is 1.22 bits per heavy atom. The molecule has 0 bridgehead atoms. The number of nitrogens with one attached hydrogen (secondary N) is 1. The number of rotatable bonds is 4. The van der Waals surface area contributed by atoms with Gasteiger partial charge >= 0.3 is 0 Å². The molecule has 2 aromatic heterocycles. The molecule has 1 fully saturated rings. The highest BCUT2D eigenvalue weighted by Crippen LogP contribution is 2.34. The zero-order valence-corrected chi connectivity index (χ0v) is 15.7. The maximum atomic E-state index is 12.6. The molecule has 0 saturated carbocycles. The normalized spacial score (nSPS) is 20.7. The first kappa shape index (κ1) is 17.6. The fraction of sp³-hybridized carbons (Fsp3) is 0.400. The van der Waals surface area contributed by atoms with E-state index in [4.69, 9.17) is 0 Å². The van der Waals surface area contributed by atoms with Crippen LogP contribution in [0.25, 0.3) is 11.0 Å². The van der Waals surface area contributed by atoms with Crippen molar-refractivity contribution in [1.82, 2.24) is 30.0 Å². The van der Waals surface area contributed by atoms with Crippen LogP contribution in [-0.2, 0) is 7.05 Å². The minimum atomic E-state index is -0.176. The van der Waals surface area contributed by atoms with Gasteiger partial charge in [0.2, 0.25) is 0 Å². The quantitative estimate of drug-likeness (QED) is 0.768. The highest BCUT2D eigenvalue weighted by atomic mass is 16.1. The molecule has 7 nitrogen and oxygen atoms in total. The van der Waals surface area contributed by atoms with Crippen molar-refractivity contribution < 1.29 is 4.79 Å². The average Bonchev–Trinajstić information content (AvgIpc) is 3.11. The molecule has 1 saturated heterocycles. The van der Waals surface area contributed by atoms with Gasteiger partial charge in [-0.05, 0) is 50.6 Å². The fourth-order valence-corrected chi connectivity index (χ4v) is 4.00. The lowest BCUT2D eigenvalue weighted by molar-refractivity contribution is 0.0876. The Morgan fingerprint density at radius 2 is 2.04 bits per heavy atom. The standard InChI is InChI=1S/C20H24N6O/c1-25-11-5-6-14(19(25)18-9-10-23-26(18)2)12-22-20(27)17-13-21-15-7-3-4-8-16(15)24-17/h3-4,7-10,13-14,19H,5-6,11-12H2,1-2H3,(H,22,27)/t14-,19+/m0/s1. The Balaban J connectivity index is 1.48. The molecule has 1 amide bonds. The Labute approximate surface area is 158 Å². The van der Waals surface area contributed by atoms with E-state index in [9.17, 15) is 4.79 Å². The van der Waals surface area contributed by atoms with Crippen molar-refractivity contribution in [2.75, 3.05) is 20.1 Å². The predicted molar refractivity (Wildman–Crippen MR) is 103 cm³/mol. The smallest absolute Gasteiger partial charge is 0.271 e. The Kier molecular flexibility index (Phi) is 4.85. The van der Waals surface area contributed by atoms with Gasteiger partial charge in [-0.15, -0.1) is 0 Å². The van der Waals surface area contributed by atoms with Crippen molar-refractivity contribution in [2.45, 2.75) is 18.9 Å². The molecule has 0 radical (unpaired) electrons. The summed E-state index contributed by atoms with van der Waals surface area (Å²) in [5.74, 6) is 0.154. The van der Waals surface area contributed by atoms with Gasteiger partial charge in [0.25, 0.3) is 5.91 Å². The molecular formula is C20H24N6O. The van der Waals surface area contributed by atoms with E-state index in [1.807, 2.05) is 42.2 Å². The number of piperidine rings is 1. The van der Waals surface area contributed by atoms with Crippen LogP contribution in [0.4, 0.5) is 0 Å². The van der Waals surface area contributed by atoms with Crippen LogP contribution in [0.5, 0.6) is 0 Å². The van der Waals surface area contributed by atoms with Crippen LogP contribution in [0.3, 0.4) is 0 Å². The summed E-state index contributed by atoms with van der Waals surface area (Å²) in [4.78, 5) is 23.8. The second-order valence-corrected chi connectivity index (χ2v) is 7.16. The van der Waals surface area contributed by atoms with Crippen LogP contribution >= 0.6 is 0 Å². The van der Waals surface area contributed by atoms with E-state index < -0.39 is 0 Å². The third-order valence-corrected chi connectivity index (χ3v) is 5.37. The SMILES string of the molecule is CN1CCC[C@@H](CNC(=O)c2cnc3ccccc3n2)[C@@H]1c1ccnn1C. The van der Waals surface area contributed by atoms with E-state index in [0.717, 1.165) is 30.4 Å². The second-order valence-electron chi connectivity index (χ2n) is 7.16. The van der Waals surface area contributed by atoms with Gasteiger partial charge in [-0.3, -0.25) is 19.4 Å². The van der Waals surface area contributed by atoms with Crippen molar-refractivity contribution in [3.05, 3.63) is 54.1 Å². The number of para-hydroxylation sites is 2. The van der Waals surface area contributed by atoms with Gasteiger partial charge in [-0.1, -0.05) is 12.1 Å². The minimum absolute atomic E-state index is 0.176. The van der Waals surface area contributed by atoms with Crippen molar-refractivity contribution in [3.8, 4) is 0 Å². The lowest BCUT2D eigenvalue weighted by Crippen LogP contribution is -2.42. The van der Waals surface area contributed by atoms with Gasteiger partial charge in [0.05, 0.1) is 29.0 Å². The van der Waals surface area contributed by atoms with Gasteiger partial charge < -0.3 is 5.32 Å². The van der Waals surface area contributed by atoms with Gasteiger partial charge in [-0.25, -0.2) is 4.98 Å². The number of likely N-dealkylation sites (tertiary alicyclic amines) is 1. The summed E-state index contributed by atoms with van der Waals surface area (Å²) < 4.78 is 1.93. The van der Waals surface area contributed by atoms with E-state index >= 15 is 0 Å². The largest absolute Gasteiger partial charge is 0.350 e. The number of aromatic nitrogens is 4. The first-order chi connectivity index (χ1) is 13.1. The lowest BCUT2D eigenvalue weighted by atomic mass is 9.87. The van der Waals surface area contributed by atoms with Crippen LogP contribution in [0, 0.1) is 5.92 Å². The highest BCUT2D eigenvalue weighted by molar-refractivity contribution is 5.93. The van der Waals surface area contributed by atoms with E-state index in [1.165, 1.54) is 5.69 Å². The number of amides is 1. The number of aryl methyl sites for hydroxylation is 1. The summed E-state index contributed by atoms with van der Waals surface area (Å²) in [6, 6.07) is 9.88. The van der Waals surface area contributed by atoms with Crippen LogP contribution in [0.15, 0.2) is 42.7 Å². The molecule has 1 aromatic carbocycles. The number of benzene rings is 1. The van der Waals surface area contributed by atoms with E-state index in [1.54, 1.807) is 6.20 Å². The molecule has 1 N–H and O–H groups in total. The fourth-order valence-electron chi connectivity index (χ4n) is 4.00. The summed E-state index contributed by atoms with van der Waals surface area (Å²) in [6.07, 6.45) is 5.58. The molecule has 140 valence electrons. The molecule has 0 spiro atoms. The maximum absolute atomic E-state index is 12.6. The van der Waals surface area contributed by atoms with Gasteiger partial charge in [-0.2, -0.15) is 5.10 Å². The summed E-state index contributed by atoms with van der Waals surface area (Å²) in [7, 11) is 4.11. The molecule has 3 aromatic rings. The van der Waals surface area contributed by atoms with E-state index in [0.29, 0.717) is 18.2 Å². The summed E-state index contributed by atoms with van der Waals surface area (Å²) in [6.45, 7) is 1.66. The second kappa shape index (κ2) is 7.44.